The summed E-state index contributed by atoms with van der Waals surface area (Å²) in [6.07, 6.45) is 10.3. The summed E-state index contributed by atoms with van der Waals surface area (Å²) < 4.78 is 1.94. The Kier molecular flexibility index (Phi) is 5.48. The molecule has 0 aromatic carbocycles. The largest absolute Gasteiger partial charge is 0.356 e. The summed E-state index contributed by atoms with van der Waals surface area (Å²) in [5.41, 5.74) is 3.37. The highest BCUT2D eigenvalue weighted by Gasteiger charge is 2.27. The van der Waals surface area contributed by atoms with Gasteiger partial charge in [0.15, 0.2) is 5.13 Å². The number of aromatic nitrogens is 4. The molecule has 31 heavy (non-hydrogen) atoms. The number of hydrogen-bond donors (Lipinski definition) is 1. The molecular weight excluding hydrogens is 408 g/mol. The van der Waals surface area contributed by atoms with Crippen molar-refractivity contribution in [3.8, 4) is 5.13 Å². The number of rotatable bonds is 4. The number of carbonyl (C=O) groups excluding carboxylic acids is 1. The van der Waals surface area contributed by atoms with Crippen LogP contribution in [0.1, 0.15) is 58.1 Å². The predicted octanol–water partition coefficient (Wildman–Crippen LogP) is 3.62. The maximum atomic E-state index is 12.9. The fourth-order valence-electron chi connectivity index (χ4n) is 4.61. The van der Waals surface area contributed by atoms with Gasteiger partial charge >= 0.3 is 0 Å². The Morgan fingerprint density at radius 3 is 2.58 bits per heavy atom. The second-order valence-electron chi connectivity index (χ2n) is 8.46. The van der Waals surface area contributed by atoms with Gasteiger partial charge in [0.05, 0.1) is 5.69 Å². The summed E-state index contributed by atoms with van der Waals surface area (Å²) in [4.78, 5) is 30.1. The lowest BCUT2D eigenvalue weighted by Crippen LogP contribution is -2.45. The normalized spacial score (nSPS) is 16.9. The SMILES string of the molecule is Cc1nc2c(c(N3CCC(NC(=O)c4sc(-n5cccc5)nc4C)CC3)n1)CCCC2. The van der Waals surface area contributed by atoms with Crippen LogP contribution in [0.25, 0.3) is 5.13 Å². The molecule has 1 amide bonds. The van der Waals surface area contributed by atoms with Gasteiger partial charge in [-0.05, 0) is 64.5 Å². The van der Waals surface area contributed by atoms with E-state index in [-0.39, 0.29) is 11.9 Å². The van der Waals surface area contributed by atoms with Crippen LogP contribution in [-0.2, 0) is 12.8 Å². The summed E-state index contributed by atoms with van der Waals surface area (Å²) >= 11 is 1.44. The minimum absolute atomic E-state index is 0.0119. The van der Waals surface area contributed by atoms with Gasteiger partial charge in [-0.1, -0.05) is 11.3 Å². The van der Waals surface area contributed by atoms with Crippen molar-refractivity contribution in [2.24, 2.45) is 0 Å². The number of amides is 1. The number of hydrogen-bond acceptors (Lipinski definition) is 6. The van der Waals surface area contributed by atoms with Crippen molar-refractivity contribution in [3.05, 3.63) is 52.2 Å². The van der Waals surface area contributed by atoms with Crippen LogP contribution in [0.3, 0.4) is 0 Å². The summed E-state index contributed by atoms with van der Waals surface area (Å²) in [5.74, 6) is 1.98. The van der Waals surface area contributed by atoms with E-state index in [0.29, 0.717) is 4.88 Å². The van der Waals surface area contributed by atoms with Gasteiger partial charge in [0.25, 0.3) is 5.91 Å². The van der Waals surface area contributed by atoms with E-state index in [2.05, 4.69) is 20.2 Å². The van der Waals surface area contributed by atoms with E-state index in [1.54, 1.807) is 0 Å². The first-order valence-corrected chi connectivity index (χ1v) is 11.9. The van der Waals surface area contributed by atoms with Crippen LogP contribution in [0.2, 0.25) is 0 Å². The number of nitrogens with one attached hydrogen (secondary N) is 1. The molecule has 1 N–H and O–H groups in total. The third-order valence-electron chi connectivity index (χ3n) is 6.22. The van der Waals surface area contributed by atoms with Gasteiger partial charge in [0.2, 0.25) is 0 Å². The molecule has 0 saturated carbocycles. The first-order chi connectivity index (χ1) is 15.1. The number of piperidine rings is 1. The second kappa shape index (κ2) is 8.42. The summed E-state index contributed by atoms with van der Waals surface area (Å²) in [7, 11) is 0. The fraction of sp³-hybridized carbons (Fsp3) is 0.478. The number of thiazole rings is 1. The van der Waals surface area contributed by atoms with Crippen molar-refractivity contribution >= 4 is 23.1 Å². The van der Waals surface area contributed by atoms with E-state index in [1.807, 2.05) is 42.9 Å². The molecule has 4 heterocycles. The Morgan fingerprint density at radius 2 is 1.81 bits per heavy atom. The maximum absolute atomic E-state index is 12.9. The molecule has 8 heteroatoms. The molecule has 0 bridgehead atoms. The topological polar surface area (TPSA) is 75.9 Å². The van der Waals surface area contributed by atoms with Crippen LogP contribution in [0.15, 0.2) is 24.5 Å². The van der Waals surface area contributed by atoms with Crippen LogP contribution < -0.4 is 10.2 Å². The molecule has 2 aliphatic rings. The molecule has 1 saturated heterocycles. The van der Waals surface area contributed by atoms with Gasteiger partial charge in [0, 0.05) is 42.8 Å². The average molecular weight is 437 g/mol. The monoisotopic (exact) mass is 436 g/mol. The molecular formula is C23H28N6OS. The van der Waals surface area contributed by atoms with Gasteiger partial charge in [-0.2, -0.15) is 0 Å². The number of nitrogens with zero attached hydrogens (tertiary/aromatic N) is 5. The highest BCUT2D eigenvalue weighted by atomic mass is 32.1. The number of anilines is 1. The van der Waals surface area contributed by atoms with E-state index >= 15 is 0 Å². The van der Waals surface area contributed by atoms with Crippen LogP contribution in [0.5, 0.6) is 0 Å². The van der Waals surface area contributed by atoms with Gasteiger partial charge in [-0.3, -0.25) is 4.79 Å². The molecule has 3 aromatic heterocycles. The Hall–Kier alpha value is -2.74. The Balaban J connectivity index is 1.24. The lowest BCUT2D eigenvalue weighted by molar-refractivity contribution is 0.0934. The first-order valence-electron chi connectivity index (χ1n) is 11.1. The van der Waals surface area contributed by atoms with Crippen molar-refractivity contribution in [1.29, 1.82) is 0 Å². The van der Waals surface area contributed by atoms with Gasteiger partial charge in [0.1, 0.15) is 16.5 Å². The molecule has 1 fully saturated rings. The molecule has 5 rings (SSSR count). The fourth-order valence-corrected chi connectivity index (χ4v) is 5.55. The van der Waals surface area contributed by atoms with Crippen molar-refractivity contribution in [2.75, 3.05) is 18.0 Å². The second-order valence-corrected chi connectivity index (χ2v) is 9.44. The number of carbonyl (C=O) groups is 1. The van der Waals surface area contributed by atoms with Gasteiger partial charge in [-0.25, -0.2) is 15.0 Å². The highest BCUT2D eigenvalue weighted by Crippen LogP contribution is 2.30. The molecule has 1 aliphatic carbocycles. The number of aryl methyl sites for hydroxylation is 3. The smallest absolute Gasteiger partial charge is 0.263 e. The lowest BCUT2D eigenvalue weighted by atomic mass is 9.95. The first kappa shape index (κ1) is 20.2. The van der Waals surface area contributed by atoms with E-state index in [9.17, 15) is 4.79 Å². The Morgan fingerprint density at radius 1 is 1.06 bits per heavy atom. The zero-order valence-corrected chi connectivity index (χ0v) is 18.9. The van der Waals surface area contributed by atoms with Crippen LogP contribution >= 0.6 is 11.3 Å². The summed E-state index contributed by atoms with van der Waals surface area (Å²) in [5, 5.41) is 4.07. The van der Waals surface area contributed by atoms with Crippen molar-refractivity contribution in [3.63, 3.8) is 0 Å². The van der Waals surface area contributed by atoms with Gasteiger partial charge in [-0.15, -0.1) is 0 Å². The van der Waals surface area contributed by atoms with Crippen LogP contribution in [0.4, 0.5) is 5.82 Å². The van der Waals surface area contributed by atoms with E-state index in [4.69, 9.17) is 4.98 Å². The number of fused-ring (bicyclic) bond motifs is 1. The maximum Gasteiger partial charge on any atom is 0.263 e. The third-order valence-corrected chi connectivity index (χ3v) is 7.39. The molecule has 0 unspecified atom stereocenters. The molecule has 7 nitrogen and oxygen atoms in total. The highest BCUT2D eigenvalue weighted by molar-refractivity contribution is 7.16. The van der Waals surface area contributed by atoms with Crippen molar-refractivity contribution in [1.82, 2.24) is 24.8 Å². The zero-order valence-electron chi connectivity index (χ0n) is 18.1. The van der Waals surface area contributed by atoms with Gasteiger partial charge < -0.3 is 14.8 Å². The molecule has 1 aliphatic heterocycles. The van der Waals surface area contributed by atoms with Crippen LogP contribution in [0, 0.1) is 13.8 Å². The lowest BCUT2D eigenvalue weighted by Gasteiger charge is -2.35. The van der Waals surface area contributed by atoms with Crippen LogP contribution in [-0.4, -0.2) is 44.6 Å². The van der Waals surface area contributed by atoms with Crippen molar-refractivity contribution in [2.45, 2.75) is 58.4 Å². The summed E-state index contributed by atoms with van der Waals surface area (Å²) in [6.45, 7) is 5.71. The molecule has 162 valence electrons. The minimum atomic E-state index is -0.0119. The molecule has 0 spiro atoms. The van der Waals surface area contributed by atoms with Crippen molar-refractivity contribution < 1.29 is 4.79 Å². The summed E-state index contributed by atoms with van der Waals surface area (Å²) in [6, 6.07) is 4.10. The standard InChI is InChI=1S/C23H28N6OS/c1-15-20(31-23(24-15)29-11-5-6-12-29)22(30)27-17-9-13-28(14-10-17)21-18-7-3-4-8-19(18)25-16(2)26-21/h5-6,11-12,17H,3-4,7-10,13-14H2,1-2H3,(H,27,30). The predicted molar refractivity (Wildman–Crippen MR) is 122 cm³/mol. The van der Waals surface area contributed by atoms with E-state index in [0.717, 1.165) is 61.2 Å². The van der Waals surface area contributed by atoms with E-state index in [1.165, 1.54) is 35.4 Å². The van der Waals surface area contributed by atoms with E-state index < -0.39 is 0 Å². The molecule has 3 aromatic rings. The molecule has 0 atom stereocenters. The Labute approximate surface area is 186 Å². The minimum Gasteiger partial charge on any atom is -0.356 e. The average Bonchev–Trinajstić information content (AvgIpc) is 3.43. The quantitative estimate of drug-likeness (QED) is 0.676. The zero-order chi connectivity index (χ0) is 21.4. The third kappa shape index (κ3) is 4.08. The Bertz CT molecular complexity index is 1080. The molecule has 0 radical (unpaired) electrons.